The maximum atomic E-state index is 12.1. The van der Waals surface area contributed by atoms with E-state index in [4.69, 9.17) is 5.26 Å². The molecule has 0 radical (unpaired) electrons. The number of aliphatic hydroxyl groups is 1. The molecular weight excluding hydrogens is 363 g/mol. The number of hydrogen-bond acceptors (Lipinski definition) is 5. The predicted molar refractivity (Wildman–Crippen MR) is 90.7 cm³/mol. The summed E-state index contributed by atoms with van der Waals surface area (Å²) in [6.45, 7) is -0.148. The highest BCUT2D eigenvalue weighted by molar-refractivity contribution is 5.80. The van der Waals surface area contributed by atoms with E-state index in [9.17, 15) is 23.1 Å². The van der Waals surface area contributed by atoms with Gasteiger partial charge in [-0.15, -0.1) is 13.2 Å². The molecule has 0 aliphatic rings. The van der Waals surface area contributed by atoms with Gasteiger partial charge >= 0.3 is 6.36 Å². The number of nitrogens with one attached hydrogen (secondary N) is 2. The highest BCUT2D eigenvalue weighted by atomic mass is 19.4. The SMILES string of the molecule is N#Cc1ccc(NCC(=O)NCC(O)c2ccc(OC(F)(F)F)cc2)cc1. The lowest BCUT2D eigenvalue weighted by atomic mass is 10.1. The first kappa shape index (κ1) is 20.1. The van der Waals surface area contributed by atoms with Crippen LogP contribution >= 0.6 is 0 Å². The molecule has 6 nitrogen and oxygen atoms in total. The minimum absolute atomic E-state index is 0.0447. The van der Waals surface area contributed by atoms with Crippen LogP contribution in [0.1, 0.15) is 17.2 Å². The molecule has 0 aliphatic heterocycles. The van der Waals surface area contributed by atoms with Crippen molar-refractivity contribution in [3.8, 4) is 11.8 Å². The number of ether oxygens (including phenoxy) is 1. The van der Waals surface area contributed by atoms with Crippen LogP contribution in [0.25, 0.3) is 0 Å². The van der Waals surface area contributed by atoms with Gasteiger partial charge in [-0.25, -0.2) is 0 Å². The molecule has 0 aliphatic carbocycles. The van der Waals surface area contributed by atoms with Crippen LogP contribution in [-0.4, -0.2) is 30.5 Å². The maximum absolute atomic E-state index is 12.1. The molecule has 2 rings (SSSR count). The molecule has 9 heteroatoms. The van der Waals surface area contributed by atoms with Gasteiger partial charge in [0, 0.05) is 12.2 Å². The lowest BCUT2D eigenvalue weighted by Gasteiger charge is -2.14. The van der Waals surface area contributed by atoms with Gasteiger partial charge in [0.2, 0.25) is 5.91 Å². The molecule has 27 heavy (non-hydrogen) atoms. The topological polar surface area (TPSA) is 94.4 Å². The third-order valence-corrected chi connectivity index (χ3v) is 3.46. The first-order chi connectivity index (χ1) is 12.8. The number of halogens is 3. The second kappa shape index (κ2) is 8.91. The van der Waals surface area contributed by atoms with Gasteiger partial charge in [0.15, 0.2) is 0 Å². The fraction of sp³-hybridized carbons (Fsp3) is 0.222. The Morgan fingerprint density at radius 2 is 1.78 bits per heavy atom. The number of rotatable bonds is 7. The van der Waals surface area contributed by atoms with Gasteiger partial charge in [0.25, 0.3) is 0 Å². The molecule has 0 fully saturated rings. The van der Waals surface area contributed by atoms with Crippen LogP contribution in [-0.2, 0) is 4.79 Å². The molecule has 0 saturated heterocycles. The molecule has 0 aromatic heterocycles. The van der Waals surface area contributed by atoms with Crippen LogP contribution in [0.15, 0.2) is 48.5 Å². The number of nitrogens with zero attached hydrogens (tertiary/aromatic N) is 1. The summed E-state index contributed by atoms with van der Waals surface area (Å²) < 4.78 is 40.1. The van der Waals surface area contributed by atoms with Gasteiger partial charge in [0.1, 0.15) is 5.75 Å². The van der Waals surface area contributed by atoms with Crippen molar-refractivity contribution in [3.63, 3.8) is 0 Å². The summed E-state index contributed by atoms with van der Waals surface area (Å²) in [4.78, 5) is 11.8. The van der Waals surface area contributed by atoms with Gasteiger partial charge in [-0.05, 0) is 42.0 Å². The molecule has 0 bridgehead atoms. The molecule has 1 amide bonds. The van der Waals surface area contributed by atoms with Crippen molar-refractivity contribution in [3.05, 3.63) is 59.7 Å². The lowest BCUT2D eigenvalue weighted by Crippen LogP contribution is -2.33. The number of hydrogen-bond donors (Lipinski definition) is 3. The highest BCUT2D eigenvalue weighted by Crippen LogP contribution is 2.24. The molecule has 2 aromatic rings. The van der Waals surface area contributed by atoms with Gasteiger partial charge in [-0.3, -0.25) is 4.79 Å². The van der Waals surface area contributed by atoms with Crippen molar-refractivity contribution in [1.82, 2.24) is 5.32 Å². The number of anilines is 1. The van der Waals surface area contributed by atoms with E-state index in [1.54, 1.807) is 24.3 Å². The normalized spacial score (nSPS) is 12.0. The number of aliphatic hydroxyl groups excluding tert-OH is 1. The monoisotopic (exact) mass is 379 g/mol. The average molecular weight is 379 g/mol. The lowest BCUT2D eigenvalue weighted by molar-refractivity contribution is -0.274. The molecule has 142 valence electrons. The number of benzene rings is 2. The smallest absolute Gasteiger partial charge is 0.406 e. The summed E-state index contributed by atoms with van der Waals surface area (Å²) in [5, 5.41) is 24.1. The van der Waals surface area contributed by atoms with E-state index in [1.165, 1.54) is 12.1 Å². The third kappa shape index (κ3) is 6.87. The van der Waals surface area contributed by atoms with E-state index in [0.717, 1.165) is 12.1 Å². The van der Waals surface area contributed by atoms with E-state index in [0.29, 0.717) is 16.8 Å². The van der Waals surface area contributed by atoms with Gasteiger partial charge in [-0.1, -0.05) is 12.1 Å². The Bertz CT molecular complexity index is 800. The van der Waals surface area contributed by atoms with Crippen molar-refractivity contribution in [1.29, 1.82) is 5.26 Å². The summed E-state index contributed by atoms with van der Waals surface area (Å²) in [5.41, 5.74) is 1.50. The Morgan fingerprint density at radius 1 is 1.15 bits per heavy atom. The Balaban J connectivity index is 1.77. The van der Waals surface area contributed by atoms with Crippen LogP contribution in [0.4, 0.5) is 18.9 Å². The van der Waals surface area contributed by atoms with Crippen LogP contribution in [0.2, 0.25) is 0 Å². The molecule has 2 aromatic carbocycles. The van der Waals surface area contributed by atoms with Gasteiger partial charge in [-0.2, -0.15) is 5.26 Å². The number of nitriles is 1. The standard InChI is InChI=1S/C18H16F3N3O3/c19-18(20,21)27-15-7-3-13(4-8-15)16(25)10-24-17(26)11-23-14-5-1-12(9-22)2-6-14/h1-8,16,23,25H,10-11H2,(H,24,26). The first-order valence-electron chi connectivity index (χ1n) is 7.81. The summed E-state index contributed by atoms with van der Waals surface area (Å²) in [6, 6.07) is 13.3. The molecular formula is C18H16F3N3O3. The van der Waals surface area contributed by atoms with E-state index in [1.807, 2.05) is 6.07 Å². The van der Waals surface area contributed by atoms with Crippen LogP contribution in [0, 0.1) is 11.3 Å². The Kier molecular flexibility index (Phi) is 6.62. The quantitative estimate of drug-likeness (QED) is 0.688. The number of carbonyl (C=O) groups excluding carboxylic acids is 1. The van der Waals surface area contributed by atoms with Crippen LogP contribution < -0.4 is 15.4 Å². The second-order valence-corrected chi connectivity index (χ2v) is 5.48. The zero-order valence-electron chi connectivity index (χ0n) is 14.0. The van der Waals surface area contributed by atoms with Crippen molar-refractivity contribution in [2.75, 3.05) is 18.4 Å². The van der Waals surface area contributed by atoms with Crippen LogP contribution in [0.3, 0.4) is 0 Å². The summed E-state index contributed by atoms with van der Waals surface area (Å²) in [5.74, 6) is -0.774. The van der Waals surface area contributed by atoms with E-state index < -0.39 is 18.2 Å². The van der Waals surface area contributed by atoms with Crippen molar-refractivity contribution < 1.29 is 27.8 Å². The number of carbonyl (C=O) groups is 1. The zero-order valence-corrected chi connectivity index (χ0v) is 14.0. The molecule has 0 spiro atoms. The Labute approximate surface area is 153 Å². The molecule has 1 unspecified atom stereocenters. The fourth-order valence-corrected chi connectivity index (χ4v) is 2.13. The minimum atomic E-state index is -4.78. The predicted octanol–water partition coefficient (Wildman–Crippen LogP) is 2.72. The van der Waals surface area contributed by atoms with Crippen molar-refractivity contribution in [2.24, 2.45) is 0 Å². The van der Waals surface area contributed by atoms with Crippen LogP contribution in [0.5, 0.6) is 5.75 Å². The Hall–Kier alpha value is -3.25. The summed E-state index contributed by atoms with van der Waals surface area (Å²) >= 11 is 0. The minimum Gasteiger partial charge on any atom is -0.406 e. The van der Waals surface area contributed by atoms with Crippen molar-refractivity contribution in [2.45, 2.75) is 12.5 Å². The molecule has 1 atom stereocenters. The van der Waals surface area contributed by atoms with Gasteiger partial charge in [0.05, 0.1) is 24.3 Å². The van der Waals surface area contributed by atoms with Crippen molar-refractivity contribution >= 4 is 11.6 Å². The molecule has 3 N–H and O–H groups in total. The van der Waals surface area contributed by atoms with E-state index >= 15 is 0 Å². The largest absolute Gasteiger partial charge is 0.573 e. The number of amides is 1. The second-order valence-electron chi connectivity index (χ2n) is 5.48. The molecule has 0 saturated carbocycles. The maximum Gasteiger partial charge on any atom is 0.573 e. The Morgan fingerprint density at radius 3 is 2.33 bits per heavy atom. The molecule has 0 heterocycles. The third-order valence-electron chi connectivity index (χ3n) is 3.46. The zero-order chi connectivity index (χ0) is 19.9. The highest BCUT2D eigenvalue weighted by Gasteiger charge is 2.31. The van der Waals surface area contributed by atoms with Gasteiger partial charge < -0.3 is 20.5 Å². The summed E-state index contributed by atoms with van der Waals surface area (Å²) in [7, 11) is 0. The van der Waals surface area contributed by atoms with E-state index in [2.05, 4.69) is 15.4 Å². The fourth-order valence-electron chi connectivity index (χ4n) is 2.13. The first-order valence-corrected chi connectivity index (χ1v) is 7.81. The van der Waals surface area contributed by atoms with E-state index in [-0.39, 0.29) is 19.0 Å². The summed E-state index contributed by atoms with van der Waals surface area (Å²) in [6.07, 6.45) is -5.86. The average Bonchev–Trinajstić information content (AvgIpc) is 2.64. The number of alkyl halides is 3.